The van der Waals surface area contributed by atoms with Crippen LogP contribution in [0.4, 0.5) is 14.5 Å². The summed E-state index contributed by atoms with van der Waals surface area (Å²) in [6.45, 7) is 1.33. The first-order valence-electron chi connectivity index (χ1n) is 7.38. The molecule has 0 radical (unpaired) electrons. The number of benzene rings is 1. The lowest BCUT2D eigenvalue weighted by Gasteiger charge is -2.14. The molecule has 0 saturated carbocycles. The highest BCUT2D eigenvalue weighted by molar-refractivity contribution is 6.34. The fraction of sp³-hybridized carbons (Fsp3) is 0.188. The number of rotatable bonds is 4. The first kappa shape index (κ1) is 19.1. The molecule has 1 aliphatic heterocycles. The van der Waals surface area contributed by atoms with Crippen molar-refractivity contribution in [3.63, 3.8) is 0 Å². The van der Waals surface area contributed by atoms with Crippen LogP contribution in [0, 0.1) is 0 Å². The van der Waals surface area contributed by atoms with E-state index in [1.165, 1.54) is 31.2 Å². The largest absolute Gasteiger partial charge is 0.586 e. The molecule has 0 saturated heterocycles. The predicted octanol–water partition coefficient (Wildman–Crippen LogP) is 3.89. The van der Waals surface area contributed by atoms with Crippen molar-refractivity contribution in [1.29, 1.82) is 0 Å². The SMILES string of the molecule is CC(OC(=O)c1ccc(Cl)nc1Cl)C(=O)Nc1ccc2c(c1)OC(F)(F)O2. The maximum absolute atomic E-state index is 13.0. The Morgan fingerprint density at radius 1 is 1.19 bits per heavy atom. The molecule has 0 fully saturated rings. The summed E-state index contributed by atoms with van der Waals surface area (Å²) in [5.41, 5.74) is 0.0835. The van der Waals surface area contributed by atoms with E-state index in [1.807, 2.05) is 0 Å². The Hall–Kier alpha value is -2.65. The molecule has 3 rings (SSSR count). The maximum atomic E-state index is 13.0. The van der Waals surface area contributed by atoms with Crippen LogP contribution in [-0.2, 0) is 9.53 Å². The zero-order chi connectivity index (χ0) is 19.8. The number of carbonyl (C=O) groups excluding carboxylic acids is 2. The van der Waals surface area contributed by atoms with Crippen molar-refractivity contribution in [1.82, 2.24) is 4.98 Å². The normalized spacial score (nSPS) is 15.1. The average Bonchev–Trinajstić information content (AvgIpc) is 2.87. The Labute approximate surface area is 161 Å². The first-order valence-corrected chi connectivity index (χ1v) is 8.14. The number of hydrogen-bond donors (Lipinski definition) is 1. The van der Waals surface area contributed by atoms with Crippen molar-refractivity contribution < 1.29 is 32.6 Å². The van der Waals surface area contributed by atoms with Crippen LogP contribution in [-0.4, -0.2) is 29.3 Å². The topological polar surface area (TPSA) is 86.8 Å². The molecule has 2 aromatic rings. The number of anilines is 1. The quantitative estimate of drug-likeness (QED) is 0.598. The van der Waals surface area contributed by atoms with Crippen molar-refractivity contribution in [3.8, 4) is 11.5 Å². The van der Waals surface area contributed by atoms with Gasteiger partial charge < -0.3 is 19.5 Å². The Kier molecular flexibility index (Phi) is 5.07. The van der Waals surface area contributed by atoms with Crippen LogP contribution in [0.25, 0.3) is 0 Å². The predicted molar refractivity (Wildman–Crippen MR) is 90.4 cm³/mol. The third kappa shape index (κ3) is 4.37. The van der Waals surface area contributed by atoms with E-state index in [1.54, 1.807) is 0 Å². The van der Waals surface area contributed by atoms with Crippen molar-refractivity contribution in [3.05, 3.63) is 46.2 Å². The number of pyridine rings is 1. The van der Waals surface area contributed by atoms with Crippen LogP contribution in [0.2, 0.25) is 10.3 Å². The van der Waals surface area contributed by atoms with Gasteiger partial charge in [-0.1, -0.05) is 23.2 Å². The van der Waals surface area contributed by atoms with Crippen LogP contribution < -0.4 is 14.8 Å². The minimum atomic E-state index is -3.76. The average molecular weight is 419 g/mol. The number of amides is 1. The molecule has 11 heteroatoms. The molecule has 27 heavy (non-hydrogen) atoms. The summed E-state index contributed by atoms with van der Waals surface area (Å²) in [6.07, 6.45) is -4.98. The summed E-state index contributed by atoms with van der Waals surface area (Å²) < 4.78 is 39.6. The van der Waals surface area contributed by atoms with Gasteiger partial charge in [-0.3, -0.25) is 4.79 Å². The molecule has 1 unspecified atom stereocenters. The lowest BCUT2D eigenvalue weighted by molar-refractivity contribution is -0.286. The zero-order valence-electron chi connectivity index (χ0n) is 13.5. The molecule has 0 spiro atoms. The molecule has 0 bridgehead atoms. The molecule has 1 aromatic carbocycles. The number of carbonyl (C=O) groups is 2. The highest BCUT2D eigenvalue weighted by Gasteiger charge is 2.43. The minimum absolute atomic E-state index is 0.0639. The Morgan fingerprint density at radius 2 is 1.89 bits per heavy atom. The molecular formula is C16H10Cl2F2N2O5. The van der Waals surface area contributed by atoms with Crippen molar-refractivity contribution >= 4 is 40.8 Å². The molecule has 1 amide bonds. The Balaban J connectivity index is 1.64. The van der Waals surface area contributed by atoms with E-state index >= 15 is 0 Å². The number of fused-ring (bicyclic) bond motifs is 1. The van der Waals surface area contributed by atoms with E-state index in [-0.39, 0.29) is 33.1 Å². The number of aromatic nitrogens is 1. The third-order valence-corrected chi connectivity index (χ3v) is 3.86. The van der Waals surface area contributed by atoms with Gasteiger partial charge in [0.05, 0.1) is 5.56 Å². The highest BCUT2D eigenvalue weighted by Crippen LogP contribution is 2.42. The monoisotopic (exact) mass is 418 g/mol. The van der Waals surface area contributed by atoms with Crippen LogP contribution in [0.15, 0.2) is 30.3 Å². The second-order valence-electron chi connectivity index (χ2n) is 5.34. The van der Waals surface area contributed by atoms with E-state index in [0.29, 0.717) is 0 Å². The van der Waals surface area contributed by atoms with Gasteiger partial charge in [-0.2, -0.15) is 0 Å². The van der Waals surface area contributed by atoms with Crippen LogP contribution in [0.3, 0.4) is 0 Å². The van der Waals surface area contributed by atoms with Gasteiger partial charge in [-0.25, -0.2) is 9.78 Å². The van der Waals surface area contributed by atoms with Crippen LogP contribution in [0.1, 0.15) is 17.3 Å². The number of nitrogens with zero attached hydrogens (tertiary/aromatic N) is 1. The minimum Gasteiger partial charge on any atom is -0.449 e. The van der Waals surface area contributed by atoms with Crippen LogP contribution >= 0.6 is 23.2 Å². The number of halogens is 4. The van der Waals surface area contributed by atoms with Gasteiger partial charge in [0.15, 0.2) is 17.6 Å². The standard InChI is InChI=1S/C16H10Cl2F2N2O5/c1-7(25-15(24)9-3-5-12(17)22-13(9)18)14(23)21-8-2-4-10-11(6-8)27-16(19,20)26-10/h2-7H,1H3,(H,21,23). The summed E-state index contributed by atoms with van der Waals surface area (Å²) in [5.74, 6) is -1.98. The fourth-order valence-electron chi connectivity index (χ4n) is 2.11. The van der Waals surface area contributed by atoms with Crippen molar-refractivity contribution in [2.75, 3.05) is 5.32 Å². The van der Waals surface area contributed by atoms with Crippen molar-refractivity contribution in [2.45, 2.75) is 19.3 Å². The van der Waals surface area contributed by atoms with Gasteiger partial charge in [0.2, 0.25) is 0 Å². The van der Waals surface area contributed by atoms with E-state index in [2.05, 4.69) is 19.8 Å². The second kappa shape index (κ2) is 7.16. The molecular weight excluding hydrogens is 409 g/mol. The summed E-state index contributed by atoms with van der Waals surface area (Å²) >= 11 is 11.5. The summed E-state index contributed by atoms with van der Waals surface area (Å²) in [4.78, 5) is 27.9. The second-order valence-corrected chi connectivity index (χ2v) is 6.08. The van der Waals surface area contributed by atoms with Gasteiger partial charge >= 0.3 is 12.3 Å². The molecule has 142 valence electrons. The molecule has 1 aromatic heterocycles. The summed E-state index contributed by atoms with van der Waals surface area (Å²) in [6, 6.07) is 6.35. The molecule has 0 aliphatic carbocycles. The maximum Gasteiger partial charge on any atom is 0.586 e. The summed E-state index contributed by atoms with van der Waals surface area (Å²) in [7, 11) is 0. The number of esters is 1. The lowest BCUT2D eigenvalue weighted by Crippen LogP contribution is -2.30. The zero-order valence-corrected chi connectivity index (χ0v) is 15.0. The molecule has 2 heterocycles. The highest BCUT2D eigenvalue weighted by atomic mass is 35.5. The van der Waals surface area contributed by atoms with Gasteiger partial charge in [0.1, 0.15) is 10.3 Å². The van der Waals surface area contributed by atoms with Crippen LogP contribution in [0.5, 0.6) is 11.5 Å². The molecule has 1 aliphatic rings. The third-order valence-electron chi connectivity index (χ3n) is 3.36. The first-order chi connectivity index (χ1) is 12.6. The molecule has 1 N–H and O–H groups in total. The summed E-state index contributed by atoms with van der Waals surface area (Å²) in [5, 5.41) is 2.34. The van der Waals surface area contributed by atoms with E-state index in [4.69, 9.17) is 27.9 Å². The van der Waals surface area contributed by atoms with E-state index in [9.17, 15) is 18.4 Å². The van der Waals surface area contributed by atoms with Gasteiger partial charge in [-0.15, -0.1) is 8.78 Å². The number of alkyl halides is 2. The molecule has 7 nitrogen and oxygen atoms in total. The smallest absolute Gasteiger partial charge is 0.449 e. The van der Waals surface area contributed by atoms with Crippen molar-refractivity contribution in [2.24, 2.45) is 0 Å². The fourth-order valence-corrected chi connectivity index (χ4v) is 2.53. The lowest BCUT2D eigenvalue weighted by atomic mass is 10.2. The Morgan fingerprint density at radius 3 is 2.59 bits per heavy atom. The van der Waals surface area contributed by atoms with Gasteiger partial charge in [0.25, 0.3) is 5.91 Å². The molecule has 1 atom stereocenters. The number of ether oxygens (including phenoxy) is 3. The van der Waals surface area contributed by atoms with E-state index in [0.717, 1.165) is 6.07 Å². The Bertz CT molecular complexity index is 926. The number of nitrogens with one attached hydrogen (secondary N) is 1. The van der Waals surface area contributed by atoms with Gasteiger partial charge in [0, 0.05) is 11.8 Å². The number of hydrogen-bond acceptors (Lipinski definition) is 6. The van der Waals surface area contributed by atoms with E-state index < -0.39 is 24.3 Å². The van der Waals surface area contributed by atoms with Gasteiger partial charge in [-0.05, 0) is 31.2 Å².